The number of hydrogen-bond donors (Lipinski definition) is 2. The quantitative estimate of drug-likeness (QED) is 0.860. The molecule has 1 heterocycles. The molecular weight excluding hydrogens is 244 g/mol. The van der Waals surface area contributed by atoms with Gasteiger partial charge in [-0.2, -0.15) is 0 Å². The lowest BCUT2D eigenvalue weighted by Gasteiger charge is -2.27. The maximum atomic E-state index is 11.7. The third kappa shape index (κ3) is 3.56. The normalized spacial score (nSPS) is 22.0. The van der Waals surface area contributed by atoms with E-state index in [4.69, 9.17) is 0 Å². The fourth-order valence-electron chi connectivity index (χ4n) is 2.58. The van der Waals surface area contributed by atoms with Crippen molar-refractivity contribution in [3.05, 3.63) is 22.4 Å². The molecule has 2 rings (SSSR count). The van der Waals surface area contributed by atoms with Crippen LogP contribution in [0.4, 0.5) is 0 Å². The lowest BCUT2D eigenvalue weighted by atomic mass is 9.87. The number of hydrogen-bond acceptors (Lipinski definition) is 3. The largest absolute Gasteiger partial charge is 0.350 e. The van der Waals surface area contributed by atoms with Crippen molar-refractivity contribution in [3.63, 3.8) is 0 Å². The first kappa shape index (κ1) is 13.6. The highest BCUT2D eigenvalue weighted by Gasteiger charge is 2.34. The smallest absolute Gasteiger partial charge is 0.234 e. The summed E-state index contributed by atoms with van der Waals surface area (Å²) in [6, 6.07) is 4.52. The third-order valence-corrected chi connectivity index (χ3v) is 4.68. The summed E-state index contributed by atoms with van der Waals surface area (Å²) in [5.74, 6) is 0.0890. The Balaban J connectivity index is 1.69. The van der Waals surface area contributed by atoms with Gasteiger partial charge >= 0.3 is 0 Å². The molecule has 1 aromatic heterocycles. The Labute approximate surface area is 113 Å². The molecule has 0 radical (unpaired) electrons. The SMILES string of the molecule is CC1(C)CCC[C@H]1NCC(=O)NCc1cccs1. The number of thiophene rings is 1. The first-order chi connectivity index (χ1) is 8.58. The summed E-state index contributed by atoms with van der Waals surface area (Å²) in [5, 5.41) is 8.37. The second-order valence-electron chi connectivity index (χ2n) is 5.67. The van der Waals surface area contributed by atoms with E-state index in [1.165, 1.54) is 24.1 Å². The molecule has 1 fully saturated rings. The van der Waals surface area contributed by atoms with Gasteiger partial charge in [-0.15, -0.1) is 11.3 Å². The Morgan fingerprint density at radius 1 is 1.56 bits per heavy atom. The van der Waals surface area contributed by atoms with E-state index in [2.05, 4.69) is 24.5 Å². The summed E-state index contributed by atoms with van der Waals surface area (Å²) in [6.07, 6.45) is 3.70. The highest BCUT2D eigenvalue weighted by molar-refractivity contribution is 7.09. The van der Waals surface area contributed by atoms with E-state index in [1.54, 1.807) is 11.3 Å². The van der Waals surface area contributed by atoms with E-state index >= 15 is 0 Å². The lowest BCUT2D eigenvalue weighted by Crippen LogP contribution is -2.43. The zero-order valence-corrected chi connectivity index (χ0v) is 12.0. The fourth-order valence-corrected chi connectivity index (χ4v) is 3.23. The molecule has 1 aliphatic rings. The van der Waals surface area contributed by atoms with Gasteiger partial charge in [0.05, 0.1) is 13.1 Å². The van der Waals surface area contributed by atoms with E-state index < -0.39 is 0 Å². The van der Waals surface area contributed by atoms with Gasteiger partial charge in [-0.25, -0.2) is 0 Å². The minimum atomic E-state index is 0.0890. The van der Waals surface area contributed by atoms with Crippen LogP contribution in [0.2, 0.25) is 0 Å². The molecule has 0 spiro atoms. The minimum Gasteiger partial charge on any atom is -0.350 e. The highest BCUT2D eigenvalue weighted by Crippen LogP contribution is 2.36. The molecule has 3 nitrogen and oxygen atoms in total. The van der Waals surface area contributed by atoms with Crippen LogP contribution in [0.5, 0.6) is 0 Å². The molecule has 100 valence electrons. The molecule has 1 saturated carbocycles. The van der Waals surface area contributed by atoms with Crippen LogP contribution in [-0.4, -0.2) is 18.5 Å². The lowest BCUT2D eigenvalue weighted by molar-refractivity contribution is -0.120. The van der Waals surface area contributed by atoms with Crippen molar-refractivity contribution in [2.75, 3.05) is 6.54 Å². The first-order valence-corrected chi connectivity index (χ1v) is 7.48. The molecule has 0 bridgehead atoms. The van der Waals surface area contributed by atoms with Gasteiger partial charge in [0.25, 0.3) is 0 Å². The van der Waals surface area contributed by atoms with Gasteiger partial charge in [-0.3, -0.25) is 4.79 Å². The van der Waals surface area contributed by atoms with Crippen LogP contribution in [0.25, 0.3) is 0 Å². The van der Waals surface area contributed by atoms with Crippen molar-refractivity contribution in [1.82, 2.24) is 10.6 Å². The van der Waals surface area contributed by atoms with Crippen molar-refractivity contribution in [1.29, 1.82) is 0 Å². The van der Waals surface area contributed by atoms with Gasteiger partial charge in [-0.05, 0) is 29.7 Å². The number of rotatable bonds is 5. The molecule has 1 amide bonds. The van der Waals surface area contributed by atoms with E-state index in [9.17, 15) is 4.79 Å². The van der Waals surface area contributed by atoms with Gasteiger partial charge in [0.15, 0.2) is 0 Å². The zero-order chi connectivity index (χ0) is 13.0. The topological polar surface area (TPSA) is 41.1 Å². The molecule has 2 N–H and O–H groups in total. The average Bonchev–Trinajstić information content (AvgIpc) is 2.93. The van der Waals surface area contributed by atoms with E-state index in [1.807, 2.05) is 17.5 Å². The summed E-state index contributed by atoms with van der Waals surface area (Å²) >= 11 is 1.67. The van der Waals surface area contributed by atoms with Gasteiger partial charge in [0, 0.05) is 10.9 Å². The zero-order valence-electron chi connectivity index (χ0n) is 11.2. The second-order valence-corrected chi connectivity index (χ2v) is 6.70. The highest BCUT2D eigenvalue weighted by atomic mass is 32.1. The maximum Gasteiger partial charge on any atom is 0.234 e. The van der Waals surface area contributed by atoms with E-state index in [-0.39, 0.29) is 5.91 Å². The van der Waals surface area contributed by atoms with Crippen LogP contribution in [0, 0.1) is 5.41 Å². The molecule has 18 heavy (non-hydrogen) atoms. The number of carbonyl (C=O) groups is 1. The van der Waals surface area contributed by atoms with E-state index in [0.717, 1.165) is 0 Å². The Kier molecular flexibility index (Phi) is 4.40. The molecule has 0 aliphatic heterocycles. The second kappa shape index (κ2) is 5.85. The molecule has 4 heteroatoms. The molecule has 1 aliphatic carbocycles. The Morgan fingerprint density at radius 3 is 3.00 bits per heavy atom. The van der Waals surface area contributed by atoms with Gasteiger partial charge in [0.2, 0.25) is 5.91 Å². The molecule has 0 saturated heterocycles. The van der Waals surface area contributed by atoms with Crippen LogP contribution in [0.15, 0.2) is 17.5 Å². The minimum absolute atomic E-state index is 0.0890. The van der Waals surface area contributed by atoms with Crippen LogP contribution < -0.4 is 10.6 Å². The molecule has 0 unspecified atom stereocenters. The van der Waals surface area contributed by atoms with Gasteiger partial charge < -0.3 is 10.6 Å². The van der Waals surface area contributed by atoms with Crippen molar-refractivity contribution in [3.8, 4) is 0 Å². The number of nitrogens with one attached hydrogen (secondary N) is 2. The van der Waals surface area contributed by atoms with Crippen LogP contribution >= 0.6 is 11.3 Å². The summed E-state index contributed by atoms with van der Waals surface area (Å²) in [5.41, 5.74) is 0.327. The summed E-state index contributed by atoms with van der Waals surface area (Å²) in [7, 11) is 0. The fraction of sp³-hybridized carbons (Fsp3) is 0.643. The van der Waals surface area contributed by atoms with Crippen molar-refractivity contribution in [2.24, 2.45) is 5.41 Å². The summed E-state index contributed by atoms with van der Waals surface area (Å²) in [6.45, 7) is 5.63. The van der Waals surface area contributed by atoms with Crippen molar-refractivity contribution < 1.29 is 4.79 Å². The standard InChI is InChI=1S/C14H22N2OS/c1-14(2)7-3-6-12(14)15-10-13(17)16-9-11-5-4-8-18-11/h4-5,8,12,15H,3,6-7,9-10H2,1-2H3,(H,16,17)/t12-/m1/s1. The first-order valence-electron chi connectivity index (χ1n) is 6.60. The molecule has 0 aromatic carbocycles. The van der Waals surface area contributed by atoms with Crippen molar-refractivity contribution in [2.45, 2.75) is 45.7 Å². The van der Waals surface area contributed by atoms with E-state index in [0.29, 0.717) is 24.5 Å². The third-order valence-electron chi connectivity index (χ3n) is 3.81. The van der Waals surface area contributed by atoms with Gasteiger partial charge in [-0.1, -0.05) is 26.3 Å². The van der Waals surface area contributed by atoms with Crippen LogP contribution in [-0.2, 0) is 11.3 Å². The number of carbonyl (C=O) groups excluding carboxylic acids is 1. The van der Waals surface area contributed by atoms with Gasteiger partial charge in [0.1, 0.15) is 0 Å². The Bertz CT molecular complexity index is 387. The Hall–Kier alpha value is -0.870. The predicted octanol–water partition coefficient (Wildman–Crippen LogP) is 2.53. The maximum absolute atomic E-state index is 11.7. The average molecular weight is 266 g/mol. The molecule has 1 atom stereocenters. The summed E-state index contributed by atoms with van der Waals surface area (Å²) in [4.78, 5) is 12.9. The monoisotopic (exact) mass is 266 g/mol. The predicted molar refractivity (Wildman–Crippen MR) is 75.6 cm³/mol. The van der Waals surface area contributed by atoms with Crippen molar-refractivity contribution >= 4 is 17.2 Å². The van der Waals surface area contributed by atoms with Crippen LogP contribution in [0.3, 0.4) is 0 Å². The summed E-state index contributed by atoms with van der Waals surface area (Å²) < 4.78 is 0. The van der Waals surface area contributed by atoms with Crippen LogP contribution in [0.1, 0.15) is 38.0 Å². The molecular formula is C14H22N2OS. The molecule has 1 aromatic rings. The number of amides is 1. The Morgan fingerprint density at radius 2 is 2.39 bits per heavy atom.